The quantitative estimate of drug-likeness (QED) is 0.738. The second-order valence-corrected chi connectivity index (χ2v) is 6.89. The van der Waals surface area contributed by atoms with Crippen LogP contribution in [0.4, 0.5) is 5.69 Å². The molecule has 23 heavy (non-hydrogen) atoms. The van der Waals surface area contributed by atoms with Gasteiger partial charge in [0.25, 0.3) is 5.91 Å². The van der Waals surface area contributed by atoms with Crippen molar-refractivity contribution in [2.75, 3.05) is 5.32 Å². The fourth-order valence-electron chi connectivity index (χ4n) is 2.53. The number of carbonyl (C=O) groups is 1. The average Bonchev–Trinajstić information content (AvgIpc) is 2.87. The van der Waals surface area contributed by atoms with Gasteiger partial charge in [-0.25, -0.2) is 4.98 Å². The van der Waals surface area contributed by atoms with Crippen LogP contribution >= 0.6 is 11.3 Å². The van der Waals surface area contributed by atoms with E-state index in [2.05, 4.69) is 17.2 Å². The van der Waals surface area contributed by atoms with E-state index in [0.717, 1.165) is 27.5 Å². The van der Waals surface area contributed by atoms with Gasteiger partial charge in [-0.05, 0) is 44.5 Å². The maximum Gasteiger partial charge on any atom is 0.255 e. The third kappa shape index (κ3) is 3.32. The second-order valence-electron chi connectivity index (χ2n) is 5.48. The van der Waals surface area contributed by atoms with Crippen LogP contribution in [0.5, 0.6) is 0 Å². The summed E-state index contributed by atoms with van der Waals surface area (Å²) in [7, 11) is 0. The average molecular weight is 322 g/mol. The van der Waals surface area contributed by atoms with Crippen molar-refractivity contribution in [2.24, 2.45) is 0 Å². The predicted molar refractivity (Wildman–Crippen MR) is 96.2 cm³/mol. The normalized spacial score (nSPS) is 10.6. The zero-order valence-corrected chi connectivity index (χ0v) is 14.2. The highest BCUT2D eigenvalue weighted by molar-refractivity contribution is 7.11. The molecule has 0 saturated heterocycles. The molecule has 0 spiro atoms. The Labute approximate surface area is 140 Å². The Bertz CT molecular complexity index is 850. The molecule has 0 aliphatic carbocycles. The Morgan fingerprint density at radius 1 is 1.00 bits per heavy atom. The first kappa shape index (κ1) is 15.4. The van der Waals surface area contributed by atoms with Gasteiger partial charge < -0.3 is 5.32 Å². The van der Waals surface area contributed by atoms with Gasteiger partial charge in [-0.3, -0.25) is 4.79 Å². The molecule has 4 heteroatoms. The van der Waals surface area contributed by atoms with Gasteiger partial charge in [-0.15, -0.1) is 11.3 Å². The predicted octanol–water partition coefficient (Wildman–Crippen LogP) is 4.99. The molecule has 2 aromatic carbocycles. The lowest BCUT2D eigenvalue weighted by Crippen LogP contribution is -2.13. The molecular weight excluding hydrogens is 304 g/mol. The Morgan fingerprint density at radius 3 is 2.30 bits per heavy atom. The van der Waals surface area contributed by atoms with Gasteiger partial charge in [-0.2, -0.15) is 0 Å². The van der Waals surface area contributed by atoms with Crippen molar-refractivity contribution in [3.63, 3.8) is 0 Å². The molecule has 0 radical (unpaired) electrons. The van der Waals surface area contributed by atoms with E-state index in [1.54, 1.807) is 11.3 Å². The van der Waals surface area contributed by atoms with Crippen molar-refractivity contribution < 1.29 is 4.79 Å². The highest BCUT2D eigenvalue weighted by Crippen LogP contribution is 2.28. The molecule has 0 saturated carbocycles. The van der Waals surface area contributed by atoms with Crippen LogP contribution in [0.2, 0.25) is 0 Å². The third-order valence-corrected chi connectivity index (χ3v) is 4.60. The van der Waals surface area contributed by atoms with Crippen LogP contribution in [0.25, 0.3) is 11.3 Å². The number of aryl methyl sites for hydroxylation is 3. The second kappa shape index (κ2) is 6.34. The summed E-state index contributed by atoms with van der Waals surface area (Å²) in [4.78, 5) is 18.1. The van der Waals surface area contributed by atoms with Crippen LogP contribution in [-0.2, 0) is 0 Å². The first-order valence-electron chi connectivity index (χ1n) is 7.46. The van der Waals surface area contributed by atoms with Crippen LogP contribution in [0.3, 0.4) is 0 Å². The summed E-state index contributed by atoms with van der Waals surface area (Å²) in [5.41, 5.74) is 4.54. The minimum absolute atomic E-state index is 0.0865. The topological polar surface area (TPSA) is 42.0 Å². The standard InChI is InChI=1S/C19H18N2OS/c1-12-6-4-5-7-17(12)19(22)21-16-10-8-15(9-11-16)18-13(2)23-14(3)20-18/h4-11H,1-3H3,(H,21,22). The van der Waals surface area contributed by atoms with Crippen molar-refractivity contribution in [2.45, 2.75) is 20.8 Å². The third-order valence-electron chi connectivity index (χ3n) is 3.71. The summed E-state index contributed by atoms with van der Waals surface area (Å²) in [5.74, 6) is -0.0865. The maximum absolute atomic E-state index is 12.3. The number of rotatable bonds is 3. The number of benzene rings is 2. The van der Waals surface area contributed by atoms with Gasteiger partial charge in [0.2, 0.25) is 0 Å². The molecule has 0 atom stereocenters. The van der Waals surface area contributed by atoms with Crippen LogP contribution in [0, 0.1) is 20.8 Å². The number of thiazole rings is 1. The maximum atomic E-state index is 12.3. The van der Waals surface area contributed by atoms with Gasteiger partial charge in [0.1, 0.15) is 0 Å². The summed E-state index contributed by atoms with van der Waals surface area (Å²) < 4.78 is 0. The molecule has 0 bridgehead atoms. The lowest BCUT2D eigenvalue weighted by atomic mass is 10.1. The number of carbonyl (C=O) groups excluding carboxylic acids is 1. The summed E-state index contributed by atoms with van der Waals surface area (Å²) in [6, 6.07) is 15.4. The van der Waals surface area contributed by atoms with Crippen molar-refractivity contribution in [1.29, 1.82) is 0 Å². The van der Waals surface area contributed by atoms with Crippen molar-refractivity contribution >= 4 is 22.9 Å². The molecule has 0 aliphatic rings. The van der Waals surface area contributed by atoms with Gasteiger partial charge in [0, 0.05) is 21.7 Å². The van der Waals surface area contributed by atoms with Crippen LogP contribution in [0.15, 0.2) is 48.5 Å². The van der Waals surface area contributed by atoms with Gasteiger partial charge in [0.05, 0.1) is 10.7 Å². The first-order valence-corrected chi connectivity index (χ1v) is 8.27. The molecule has 1 heterocycles. The summed E-state index contributed by atoms with van der Waals surface area (Å²) >= 11 is 1.70. The van der Waals surface area contributed by atoms with E-state index < -0.39 is 0 Å². The summed E-state index contributed by atoms with van der Waals surface area (Å²) in [6.07, 6.45) is 0. The lowest BCUT2D eigenvalue weighted by Gasteiger charge is -2.08. The van der Waals surface area contributed by atoms with E-state index in [4.69, 9.17) is 0 Å². The number of nitrogens with zero attached hydrogens (tertiary/aromatic N) is 1. The van der Waals surface area contributed by atoms with E-state index in [1.807, 2.05) is 62.4 Å². The van der Waals surface area contributed by atoms with Crippen molar-refractivity contribution in [1.82, 2.24) is 4.98 Å². The first-order chi connectivity index (χ1) is 11.0. The molecule has 1 N–H and O–H groups in total. The molecule has 0 unspecified atom stereocenters. The molecule has 3 nitrogen and oxygen atoms in total. The van der Waals surface area contributed by atoms with Gasteiger partial charge in [-0.1, -0.05) is 30.3 Å². The van der Waals surface area contributed by atoms with Gasteiger partial charge in [0.15, 0.2) is 0 Å². The number of hydrogen-bond acceptors (Lipinski definition) is 3. The highest BCUT2D eigenvalue weighted by Gasteiger charge is 2.10. The lowest BCUT2D eigenvalue weighted by molar-refractivity contribution is 0.102. The zero-order chi connectivity index (χ0) is 16.4. The minimum Gasteiger partial charge on any atom is -0.322 e. The Hall–Kier alpha value is -2.46. The van der Waals surface area contributed by atoms with E-state index in [1.165, 1.54) is 4.88 Å². The Morgan fingerprint density at radius 2 is 1.70 bits per heavy atom. The molecule has 1 aromatic heterocycles. The number of anilines is 1. The molecule has 0 fully saturated rings. The Balaban J connectivity index is 1.79. The smallest absolute Gasteiger partial charge is 0.255 e. The highest BCUT2D eigenvalue weighted by atomic mass is 32.1. The van der Waals surface area contributed by atoms with E-state index in [9.17, 15) is 4.79 Å². The van der Waals surface area contributed by atoms with Crippen LogP contribution in [-0.4, -0.2) is 10.9 Å². The Kier molecular flexibility index (Phi) is 4.26. The zero-order valence-electron chi connectivity index (χ0n) is 13.4. The fraction of sp³-hybridized carbons (Fsp3) is 0.158. The number of hydrogen-bond donors (Lipinski definition) is 1. The molecule has 3 aromatic rings. The van der Waals surface area contributed by atoms with Crippen molar-refractivity contribution in [3.8, 4) is 11.3 Å². The minimum atomic E-state index is -0.0865. The number of amides is 1. The van der Waals surface area contributed by atoms with Crippen molar-refractivity contribution in [3.05, 3.63) is 69.5 Å². The summed E-state index contributed by atoms with van der Waals surface area (Å²) in [5, 5.41) is 4.01. The largest absolute Gasteiger partial charge is 0.322 e. The monoisotopic (exact) mass is 322 g/mol. The molecule has 1 amide bonds. The van der Waals surface area contributed by atoms with Crippen LogP contribution in [0.1, 0.15) is 25.8 Å². The number of aromatic nitrogens is 1. The number of nitrogens with one attached hydrogen (secondary N) is 1. The molecule has 116 valence electrons. The van der Waals surface area contributed by atoms with Crippen LogP contribution < -0.4 is 5.32 Å². The van der Waals surface area contributed by atoms with E-state index in [-0.39, 0.29) is 5.91 Å². The van der Waals surface area contributed by atoms with E-state index >= 15 is 0 Å². The molecule has 3 rings (SSSR count). The van der Waals surface area contributed by atoms with E-state index in [0.29, 0.717) is 5.56 Å². The SMILES string of the molecule is Cc1nc(-c2ccc(NC(=O)c3ccccc3C)cc2)c(C)s1. The fourth-order valence-corrected chi connectivity index (χ4v) is 3.37. The summed E-state index contributed by atoms with van der Waals surface area (Å²) in [6.45, 7) is 6.02. The molecule has 0 aliphatic heterocycles. The van der Waals surface area contributed by atoms with Gasteiger partial charge >= 0.3 is 0 Å². The molecular formula is C19H18N2OS.